The zero-order valence-corrected chi connectivity index (χ0v) is 12.4. The molecule has 0 radical (unpaired) electrons. The van der Waals surface area contributed by atoms with E-state index >= 15 is 0 Å². The van der Waals surface area contributed by atoms with Crippen molar-refractivity contribution >= 4 is 5.91 Å². The summed E-state index contributed by atoms with van der Waals surface area (Å²) in [7, 11) is 0. The van der Waals surface area contributed by atoms with Gasteiger partial charge in [0.1, 0.15) is 0 Å². The molecule has 0 fully saturated rings. The minimum atomic E-state index is 0.176. The van der Waals surface area contributed by atoms with Gasteiger partial charge in [-0.1, -0.05) is 31.2 Å². The molecule has 0 saturated heterocycles. The number of hydrogen-bond acceptors (Lipinski definition) is 2. The number of nitrogens with one attached hydrogen (secondary N) is 1. The maximum absolute atomic E-state index is 12.1. The predicted molar refractivity (Wildman–Crippen MR) is 82.3 cm³/mol. The summed E-state index contributed by atoms with van der Waals surface area (Å²) in [4.78, 5) is 12.1. The molecule has 2 atom stereocenters. The molecule has 20 heavy (non-hydrogen) atoms. The van der Waals surface area contributed by atoms with Crippen LogP contribution >= 0.6 is 0 Å². The zero-order valence-electron chi connectivity index (χ0n) is 12.4. The van der Waals surface area contributed by atoms with Crippen molar-refractivity contribution in [3.63, 3.8) is 0 Å². The molecule has 0 heterocycles. The van der Waals surface area contributed by atoms with E-state index in [0.717, 1.165) is 32.1 Å². The first-order chi connectivity index (χ1) is 9.70. The molecular formula is C17H26N2O. The van der Waals surface area contributed by atoms with Gasteiger partial charge < -0.3 is 11.1 Å². The van der Waals surface area contributed by atoms with Gasteiger partial charge in [0.15, 0.2) is 0 Å². The molecule has 3 heteroatoms. The molecule has 1 aliphatic carbocycles. The molecule has 0 aromatic heterocycles. The zero-order chi connectivity index (χ0) is 14.4. The second kappa shape index (κ2) is 7.44. The van der Waals surface area contributed by atoms with Crippen molar-refractivity contribution in [3.05, 3.63) is 35.4 Å². The van der Waals surface area contributed by atoms with Gasteiger partial charge in [0, 0.05) is 6.42 Å². The lowest BCUT2D eigenvalue weighted by Gasteiger charge is -2.26. The van der Waals surface area contributed by atoms with Gasteiger partial charge in [-0.2, -0.15) is 0 Å². The fourth-order valence-electron chi connectivity index (χ4n) is 2.98. The number of carbonyl (C=O) groups excluding carboxylic acids is 1. The first-order valence-electron chi connectivity index (χ1n) is 7.78. The molecule has 0 spiro atoms. The van der Waals surface area contributed by atoms with Gasteiger partial charge in [-0.15, -0.1) is 0 Å². The Kier molecular flexibility index (Phi) is 5.60. The molecule has 3 nitrogen and oxygen atoms in total. The number of rotatable bonds is 6. The molecule has 1 aromatic carbocycles. The maximum Gasteiger partial charge on any atom is 0.220 e. The van der Waals surface area contributed by atoms with Gasteiger partial charge >= 0.3 is 0 Å². The second-order valence-electron chi connectivity index (χ2n) is 5.93. The van der Waals surface area contributed by atoms with Crippen LogP contribution in [-0.2, 0) is 11.2 Å². The maximum atomic E-state index is 12.1. The Morgan fingerprint density at radius 2 is 2.20 bits per heavy atom. The van der Waals surface area contributed by atoms with E-state index in [1.807, 2.05) is 0 Å². The van der Waals surface area contributed by atoms with E-state index in [0.29, 0.717) is 18.9 Å². The lowest BCUT2D eigenvalue weighted by Crippen LogP contribution is -2.31. The lowest BCUT2D eigenvalue weighted by atomic mass is 9.87. The molecule has 0 bridgehead atoms. The van der Waals surface area contributed by atoms with E-state index in [4.69, 9.17) is 5.73 Å². The normalized spacial score (nSPS) is 19.2. The highest BCUT2D eigenvalue weighted by Gasteiger charge is 2.21. The average Bonchev–Trinajstić information content (AvgIpc) is 2.46. The third-order valence-electron chi connectivity index (χ3n) is 4.23. The average molecular weight is 274 g/mol. The summed E-state index contributed by atoms with van der Waals surface area (Å²) in [6.45, 7) is 2.87. The van der Waals surface area contributed by atoms with Crippen molar-refractivity contribution in [3.8, 4) is 0 Å². The fraction of sp³-hybridized carbons (Fsp3) is 0.588. The largest absolute Gasteiger partial charge is 0.349 e. The quantitative estimate of drug-likeness (QED) is 0.838. The van der Waals surface area contributed by atoms with Gasteiger partial charge in [-0.05, 0) is 55.7 Å². The van der Waals surface area contributed by atoms with Crippen LogP contribution in [0.1, 0.15) is 56.2 Å². The highest BCUT2D eigenvalue weighted by molar-refractivity contribution is 5.76. The van der Waals surface area contributed by atoms with Gasteiger partial charge in [-0.25, -0.2) is 0 Å². The van der Waals surface area contributed by atoms with Crippen LogP contribution in [0.15, 0.2) is 24.3 Å². The van der Waals surface area contributed by atoms with Crippen LogP contribution in [-0.4, -0.2) is 12.5 Å². The lowest BCUT2D eigenvalue weighted by molar-refractivity contribution is -0.122. The molecule has 2 unspecified atom stereocenters. The summed E-state index contributed by atoms with van der Waals surface area (Å²) in [6.07, 6.45) is 5.89. The molecule has 1 aliphatic rings. The smallest absolute Gasteiger partial charge is 0.220 e. The van der Waals surface area contributed by atoms with Crippen molar-refractivity contribution in [1.29, 1.82) is 0 Å². The Morgan fingerprint density at radius 1 is 1.40 bits per heavy atom. The Balaban J connectivity index is 1.86. The standard InChI is InChI=1S/C17H26N2O/c1-13(11-12-18)9-10-17(20)19-16-8-4-6-14-5-2-3-7-15(14)16/h2-3,5,7,13,16H,4,6,8-12,18H2,1H3,(H,19,20). The topological polar surface area (TPSA) is 55.1 Å². The van der Waals surface area contributed by atoms with E-state index in [1.54, 1.807) is 0 Å². The van der Waals surface area contributed by atoms with E-state index in [1.165, 1.54) is 11.1 Å². The Bertz CT molecular complexity index is 444. The summed E-state index contributed by atoms with van der Waals surface area (Å²) in [5.41, 5.74) is 8.23. The number of amides is 1. The summed E-state index contributed by atoms with van der Waals surface area (Å²) in [6, 6.07) is 8.68. The molecule has 2 rings (SSSR count). The number of nitrogens with two attached hydrogens (primary N) is 1. The third kappa shape index (κ3) is 4.07. The van der Waals surface area contributed by atoms with Crippen LogP contribution in [0.3, 0.4) is 0 Å². The second-order valence-corrected chi connectivity index (χ2v) is 5.93. The number of carbonyl (C=O) groups is 1. The van der Waals surface area contributed by atoms with E-state index in [-0.39, 0.29) is 11.9 Å². The number of benzene rings is 1. The highest BCUT2D eigenvalue weighted by Crippen LogP contribution is 2.29. The number of aryl methyl sites for hydroxylation is 1. The van der Waals surface area contributed by atoms with Crippen molar-refractivity contribution in [1.82, 2.24) is 5.32 Å². The van der Waals surface area contributed by atoms with Crippen LogP contribution in [0.5, 0.6) is 0 Å². The van der Waals surface area contributed by atoms with Crippen LogP contribution in [0.25, 0.3) is 0 Å². The van der Waals surface area contributed by atoms with Crippen LogP contribution in [0, 0.1) is 5.92 Å². The molecule has 0 aliphatic heterocycles. The third-order valence-corrected chi connectivity index (χ3v) is 4.23. The fourth-order valence-corrected chi connectivity index (χ4v) is 2.98. The van der Waals surface area contributed by atoms with E-state index < -0.39 is 0 Å². The van der Waals surface area contributed by atoms with Gasteiger partial charge in [0.25, 0.3) is 0 Å². The Hall–Kier alpha value is -1.35. The minimum Gasteiger partial charge on any atom is -0.349 e. The van der Waals surface area contributed by atoms with Crippen LogP contribution < -0.4 is 11.1 Å². The van der Waals surface area contributed by atoms with Crippen molar-refractivity contribution in [2.45, 2.75) is 51.5 Å². The minimum absolute atomic E-state index is 0.176. The number of hydrogen-bond donors (Lipinski definition) is 2. The van der Waals surface area contributed by atoms with Gasteiger partial charge in [0.2, 0.25) is 5.91 Å². The van der Waals surface area contributed by atoms with E-state index in [2.05, 4.69) is 36.5 Å². The predicted octanol–water partition coefficient (Wildman–Crippen LogP) is 2.95. The van der Waals surface area contributed by atoms with Crippen molar-refractivity contribution in [2.24, 2.45) is 11.7 Å². The molecular weight excluding hydrogens is 248 g/mol. The van der Waals surface area contributed by atoms with Gasteiger partial charge in [0.05, 0.1) is 6.04 Å². The monoisotopic (exact) mass is 274 g/mol. The first-order valence-corrected chi connectivity index (χ1v) is 7.78. The summed E-state index contributed by atoms with van der Waals surface area (Å²) in [5, 5.41) is 3.20. The van der Waals surface area contributed by atoms with Crippen molar-refractivity contribution < 1.29 is 4.79 Å². The molecule has 0 saturated carbocycles. The van der Waals surface area contributed by atoms with Crippen molar-refractivity contribution in [2.75, 3.05) is 6.54 Å². The summed E-state index contributed by atoms with van der Waals surface area (Å²) >= 11 is 0. The first kappa shape index (κ1) is 15.0. The highest BCUT2D eigenvalue weighted by atomic mass is 16.1. The van der Waals surface area contributed by atoms with E-state index in [9.17, 15) is 4.79 Å². The molecule has 3 N–H and O–H groups in total. The van der Waals surface area contributed by atoms with Gasteiger partial charge in [-0.3, -0.25) is 4.79 Å². The molecule has 110 valence electrons. The Morgan fingerprint density at radius 3 is 3.00 bits per heavy atom. The summed E-state index contributed by atoms with van der Waals surface area (Å²) in [5.74, 6) is 0.708. The van der Waals surface area contributed by atoms with Crippen LogP contribution in [0.2, 0.25) is 0 Å². The molecule has 1 amide bonds. The van der Waals surface area contributed by atoms with Crippen LogP contribution in [0.4, 0.5) is 0 Å². The molecule has 1 aromatic rings. The summed E-state index contributed by atoms with van der Waals surface area (Å²) < 4.78 is 0. The number of fused-ring (bicyclic) bond motifs is 1. The SMILES string of the molecule is CC(CCN)CCC(=O)NC1CCCc2ccccc21. The Labute approximate surface area is 121 Å².